The number of hydrogen-bond donors (Lipinski definition) is 1. The second kappa shape index (κ2) is 5.54. The third kappa shape index (κ3) is 3.11. The van der Waals surface area contributed by atoms with Gasteiger partial charge < -0.3 is 5.11 Å². The average Bonchev–Trinajstić information content (AvgIpc) is 2.75. The third-order valence-electron chi connectivity index (χ3n) is 2.62. The highest BCUT2D eigenvalue weighted by Crippen LogP contribution is 2.24. The van der Waals surface area contributed by atoms with E-state index in [1.807, 2.05) is 12.3 Å². The van der Waals surface area contributed by atoms with E-state index in [0.29, 0.717) is 12.0 Å². The molecule has 5 heteroatoms. The van der Waals surface area contributed by atoms with Gasteiger partial charge in [0.1, 0.15) is 0 Å². The highest BCUT2D eigenvalue weighted by Gasteiger charge is 2.13. The Labute approximate surface area is 108 Å². The first-order chi connectivity index (χ1) is 8.56. The van der Waals surface area contributed by atoms with Crippen molar-refractivity contribution >= 4 is 11.3 Å². The van der Waals surface area contributed by atoms with Crippen LogP contribution < -0.4 is 0 Å². The van der Waals surface area contributed by atoms with Gasteiger partial charge in [0.25, 0.3) is 6.43 Å². The van der Waals surface area contributed by atoms with Crippen LogP contribution >= 0.6 is 11.3 Å². The van der Waals surface area contributed by atoms with Gasteiger partial charge in [-0.1, -0.05) is 18.2 Å². The highest BCUT2D eigenvalue weighted by atomic mass is 32.1. The Morgan fingerprint density at radius 2 is 2.06 bits per heavy atom. The number of aryl methyl sites for hydroxylation is 1. The van der Waals surface area contributed by atoms with E-state index in [4.69, 9.17) is 0 Å². The minimum Gasteiger partial charge on any atom is -0.388 e. The van der Waals surface area contributed by atoms with Crippen molar-refractivity contribution in [3.63, 3.8) is 0 Å². The van der Waals surface area contributed by atoms with Crippen LogP contribution in [0.25, 0.3) is 0 Å². The first kappa shape index (κ1) is 13.1. The third-order valence-corrected chi connectivity index (χ3v) is 3.44. The molecule has 2 rings (SSSR count). The van der Waals surface area contributed by atoms with Crippen LogP contribution in [-0.2, 0) is 6.42 Å². The van der Waals surface area contributed by atoms with E-state index in [-0.39, 0.29) is 5.56 Å². The van der Waals surface area contributed by atoms with Gasteiger partial charge in [0.15, 0.2) is 0 Å². The molecule has 0 aliphatic heterocycles. The summed E-state index contributed by atoms with van der Waals surface area (Å²) in [6.07, 6.45) is -2.97. The number of hydrogen-bond acceptors (Lipinski definition) is 3. The Morgan fingerprint density at radius 3 is 2.67 bits per heavy atom. The molecule has 2 aromatic rings. The topological polar surface area (TPSA) is 33.1 Å². The lowest BCUT2D eigenvalue weighted by atomic mass is 10.0. The molecule has 0 spiro atoms. The maximum Gasteiger partial charge on any atom is 0.263 e. The van der Waals surface area contributed by atoms with Gasteiger partial charge in [-0.15, -0.1) is 11.3 Å². The number of nitrogens with zero attached hydrogens (tertiary/aromatic N) is 1. The maximum absolute atomic E-state index is 12.5. The van der Waals surface area contributed by atoms with Gasteiger partial charge in [-0.05, 0) is 18.6 Å². The van der Waals surface area contributed by atoms with Crippen molar-refractivity contribution in [1.29, 1.82) is 0 Å². The molecule has 2 nitrogen and oxygen atoms in total. The molecule has 0 amide bonds. The molecule has 0 saturated heterocycles. The van der Waals surface area contributed by atoms with Crippen LogP contribution in [0.4, 0.5) is 8.78 Å². The molecular weight excluding hydrogens is 256 g/mol. The summed E-state index contributed by atoms with van der Waals surface area (Å²) in [6, 6.07) is 5.88. The summed E-state index contributed by atoms with van der Waals surface area (Å²) in [7, 11) is 0. The van der Waals surface area contributed by atoms with E-state index >= 15 is 0 Å². The van der Waals surface area contributed by atoms with Crippen LogP contribution in [0.15, 0.2) is 29.6 Å². The van der Waals surface area contributed by atoms with Crippen LogP contribution in [-0.4, -0.2) is 10.1 Å². The quantitative estimate of drug-likeness (QED) is 0.918. The molecule has 18 heavy (non-hydrogen) atoms. The van der Waals surface area contributed by atoms with Crippen molar-refractivity contribution < 1.29 is 13.9 Å². The van der Waals surface area contributed by atoms with Gasteiger partial charge in [-0.3, -0.25) is 0 Å². The van der Waals surface area contributed by atoms with Crippen molar-refractivity contribution in [1.82, 2.24) is 4.98 Å². The number of rotatable bonds is 4. The van der Waals surface area contributed by atoms with Crippen molar-refractivity contribution in [3.05, 3.63) is 51.5 Å². The molecule has 96 valence electrons. The number of benzene rings is 1. The van der Waals surface area contributed by atoms with Crippen LogP contribution in [0.1, 0.15) is 34.4 Å². The zero-order valence-corrected chi connectivity index (χ0v) is 10.6. The molecule has 1 aromatic carbocycles. The van der Waals surface area contributed by atoms with Crippen molar-refractivity contribution in [2.24, 2.45) is 0 Å². The van der Waals surface area contributed by atoms with Crippen molar-refractivity contribution in [2.45, 2.75) is 25.9 Å². The molecule has 0 radical (unpaired) electrons. The summed E-state index contributed by atoms with van der Waals surface area (Å²) in [6.45, 7) is 1.89. The standard InChI is InChI=1S/C13H13F2NOS/c1-8-16-11(7-18-8)6-12(17)9-3-2-4-10(5-9)13(14)15/h2-5,7,12-13,17H,6H2,1H3. The van der Waals surface area contributed by atoms with Crippen LogP contribution in [0.2, 0.25) is 0 Å². The number of thiazole rings is 1. The number of aromatic nitrogens is 1. The van der Waals surface area contributed by atoms with E-state index in [1.165, 1.54) is 29.5 Å². The SMILES string of the molecule is Cc1nc(CC(O)c2cccc(C(F)F)c2)cs1. The maximum atomic E-state index is 12.5. The molecule has 1 N–H and O–H groups in total. The second-order valence-corrected chi connectivity index (χ2v) is 5.11. The first-order valence-electron chi connectivity index (χ1n) is 5.53. The molecule has 1 unspecified atom stereocenters. The smallest absolute Gasteiger partial charge is 0.263 e. The van der Waals surface area contributed by atoms with Gasteiger partial charge in [0, 0.05) is 17.4 Å². The molecule has 0 aliphatic rings. The number of alkyl halides is 2. The molecule has 1 heterocycles. The predicted octanol–water partition coefficient (Wildman–Crippen LogP) is 3.67. The molecular formula is C13H13F2NOS. The van der Waals surface area contributed by atoms with E-state index in [1.54, 1.807) is 6.07 Å². The zero-order chi connectivity index (χ0) is 13.1. The Morgan fingerprint density at radius 1 is 1.33 bits per heavy atom. The minimum absolute atomic E-state index is 0.0685. The van der Waals surface area contributed by atoms with Crippen LogP contribution in [0.3, 0.4) is 0 Å². The summed E-state index contributed by atoms with van der Waals surface area (Å²) in [5.74, 6) is 0. The second-order valence-electron chi connectivity index (χ2n) is 4.05. The summed E-state index contributed by atoms with van der Waals surface area (Å²) in [4.78, 5) is 4.24. The van der Waals surface area contributed by atoms with Gasteiger partial charge in [0.05, 0.1) is 16.8 Å². The lowest BCUT2D eigenvalue weighted by Gasteiger charge is -2.11. The van der Waals surface area contributed by atoms with Gasteiger partial charge in [-0.2, -0.15) is 0 Å². The fraction of sp³-hybridized carbons (Fsp3) is 0.308. The summed E-state index contributed by atoms with van der Waals surface area (Å²) in [5.41, 5.74) is 1.21. The monoisotopic (exact) mass is 269 g/mol. The Balaban J connectivity index is 2.13. The summed E-state index contributed by atoms with van der Waals surface area (Å²) < 4.78 is 25.1. The van der Waals surface area contributed by atoms with Crippen molar-refractivity contribution in [2.75, 3.05) is 0 Å². The fourth-order valence-corrected chi connectivity index (χ4v) is 2.35. The van der Waals surface area contributed by atoms with Gasteiger partial charge >= 0.3 is 0 Å². The lowest BCUT2D eigenvalue weighted by molar-refractivity contribution is 0.149. The predicted molar refractivity (Wildman–Crippen MR) is 66.9 cm³/mol. The lowest BCUT2D eigenvalue weighted by Crippen LogP contribution is -2.03. The van der Waals surface area contributed by atoms with E-state index in [2.05, 4.69) is 4.98 Å². The summed E-state index contributed by atoms with van der Waals surface area (Å²) >= 11 is 1.51. The molecule has 0 saturated carbocycles. The van der Waals surface area contributed by atoms with Gasteiger partial charge in [0.2, 0.25) is 0 Å². The number of aliphatic hydroxyl groups excluding tert-OH is 1. The summed E-state index contributed by atoms with van der Waals surface area (Å²) in [5, 5.41) is 12.8. The Hall–Kier alpha value is -1.33. The molecule has 1 aromatic heterocycles. The van der Waals surface area contributed by atoms with E-state index in [9.17, 15) is 13.9 Å². The molecule has 0 fully saturated rings. The number of aliphatic hydroxyl groups is 1. The molecule has 1 atom stereocenters. The normalized spacial score (nSPS) is 12.9. The average molecular weight is 269 g/mol. The van der Waals surface area contributed by atoms with E-state index in [0.717, 1.165) is 10.7 Å². The largest absolute Gasteiger partial charge is 0.388 e. The fourth-order valence-electron chi connectivity index (χ4n) is 1.72. The Kier molecular flexibility index (Phi) is 4.04. The first-order valence-corrected chi connectivity index (χ1v) is 6.41. The van der Waals surface area contributed by atoms with Crippen LogP contribution in [0.5, 0.6) is 0 Å². The zero-order valence-electron chi connectivity index (χ0n) is 9.81. The van der Waals surface area contributed by atoms with E-state index < -0.39 is 12.5 Å². The molecule has 0 bridgehead atoms. The Bertz CT molecular complexity index is 527. The minimum atomic E-state index is -2.52. The van der Waals surface area contributed by atoms with Gasteiger partial charge in [-0.25, -0.2) is 13.8 Å². The highest BCUT2D eigenvalue weighted by molar-refractivity contribution is 7.09. The van der Waals surface area contributed by atoms with Crippen molar-refractivity contribution in [3.8, 4) is 0 Å². The number of halogens is 2. The van der Waals surface area contributed by atoms with Crippen LogP contribution in [0, 0.1) is 6.92 Å². The molecule has 0 aliphatic carbocycles.